The van der Waals surface area contributed by atoms with Gasteiger partial charge in [0, 0.05) is 35.9 Å². The zero-order valence-corrected chi connectivity index (χ0v) is 22.1. The molecule has 1 N–H and O–H groups in total. The molecular formula is C30H37N2O5+. The Morgan fingerprint density at radius 2 is 1.81 bits per heavy atom. The Balaban J connectivity index is 1.57. The lowest BCUT2D eigenvalue weighted by atomic mass is 9.71. The zero-order valence-electron chi connectivity index (χ0n) is 22.1. The smallest absolute Gasteiger partial charge is 0.203 e. The van der Waals surface area contributed by atoms with E-state index < -0.39 is 6.10 Å². The summed E-state index contributed by atoms with van der Waals surface area (Å²) < 4.78 is 23.1. The zero-order chi connectivity index (χ0) is 26.2. The summed E-state index contributed by atoms with van der Waals surface area (Å²) >= 11 is 0. The van der Waals surface area contributed by atoms with Gasteiger partial charge in [0.1, 0.15) is 24.4 Å². The summed E-state index contributed by atoms with van der Waals surface area (Å²) in [5.41, 5.74) is 2.85. The monoisotopic (exact) mass is 505 g/mol. The van der Waals surface area contributed by atoms with Gasteiger partial charge in [-0.15, -0.1) is 6.58 Å². The number of methoxy groups -OCH3 is 4. The van der Waals surface area contributed by atoms with Crippen molar-refractivity contribution in [2.45, 2.75) is 31.5 Å². The van der Waals surface area contributed by atoms with Gasteiger partial charge in [-0.3, -0.25) is 4.98 Å². The van der Waals surface area contributed by atoms with Crippen LogP contribution in [-0.2, 0) is 6.54 Å². The molecule has 3 aliphatic rings. The molecule has 5 atom stereocenters. The molecule has 3 saturated heterocycles. The number of quaternary nitrogens is 1. The molecule has 7 heteroatoms. The molecule has 0 saturated carbocycles. The van der Waals surface area contributed by atoms with E-state index in [4.69, 9.17) is 18.9 Å². The van der Waals surface area contributed by atoms with Crippen LogP contribution in [0.15, 0.2) is 55.3 Å². The van der Waals surface area contributed by atoms with Crippen molar-refractivity contribution in [2.75, 3.05) is 41.5 Å². The summed E-state index contributed by atoms with van der Waals surface area (Å²) in [5, 5.41) is 13.0. The number of aliphatic hydroxyl groups is 1. The van der Waals surface area contributed by atoms with E-state index in [1.54, 1.807) is 34.6 Å². The topological polar surface area (TPSA) is 70.0 Å². The Morgan fingerprint density at radius 3 is 2.46 bits per heavy atom. The third-order valence-electron chi connectivity index (χ3n) is 8.56. The van der Waals surface area contributed by atoms with Crippen LogP contribution < -0.4 is 18.9 Å². The van der Waals surface area contributed by atoms with Crippen molar-refractivity contribution in [3.05, 3.63) is 66.4 Å². The van der Waals surface area contributed by atoms with E-state index in [2.05, 4.69) is 17.6 Å². The molecule has 6 rings (SSSR count). The number of piperidine rings is 3. The van der Waals surface area contributed by atoms with Crippen molar-refractivity contribution in [3.8, 4) is 23.0 Å². The van der Waals surface area contributed by atoms with Gasteiger partial charge in [-0.25, -0.2) is 0 Å². The third kappa shape index (κ3) is 4.40. The average Bonchev–Trinajstić information content (AvgIpc) is 2.95. The molecule has 3 aromatic rings. The Kier molecular flexibility index (Phi) is 7.01. The normalized spacial score (nSPS) is 25.5. The number of nitrogens with zero attached hydrogens (tertiary/aromatic N) is 2. The summed E-state index contributed by atoms with van der Waals surface area (Å²) in [4.78, 5) is 4.53. The van der Waals surface area contributed by atoms with Crippen molar-refractivity contribution < 1.29 is 28.5 Å². The van der Waals surface area contributed by atoms with Gasteiger partial charge in [0.15, 0.2) is 11.5 Å². The van der Waals surface area contributed by atoms with Gasteiger partial charge in [0.05, 0.1) is 47.0 Å². The fraction of sp³-hybridized carbons (Fsp3) is 0.433. The highest BCUT2D eigenvalue weighted by molar-refractivity contribution is 5.83. The van der Waals surface area contributed by atoms with Crippen LogP contribution in [0.25, 0.3) is 10.9 Å². The Morgan fingerprint density at radius 1 is 1.05 bits per heavy atom. The molecule has 0 radical (unpaired) electrons. The fourth-order valence-corrected chi connectivity index (χ4v) is 6.71. The van der Waals surface area contributed by atoms with Crippen molar-refractivity contribution in [2.24, 2.45) is 11.8 Å². The molecule has 0 amide bonds. The summed E-state index contributed by atoms with van der Waals surface area (Å²) in [6, 6.07) is 11.9. The predicted octanol–water partition coefficient (Wildman–Crippen LogP) is 4.91. The minimum atomic E-state index is -0.645. The number of hydrogen-bond acceptors (Lipinski definition) is 6. The summed E-state index contributed by atoms with van der Waals surface area (Å²) in [6.45, 7) is 6.85. The first-order valence-corrected chi connectivity index (χ1v) is 12.8. The van der Waals surface area contributed by atoms with Crippen LogP contribution >= 0.6 is 0 Å². The van der Waals surface area contributed by atoms with Crippen LogP contribution in [-0.4, -0.2) is 62.1 Å². The molecule has 7 nitrogen and oxygen atoms in total. The maximum atomic E-state index is 12.0. The van der Waals surface area contributed by atoms with E-state index in [1.807, 2.05) is 36.4 Å². The van der Waals surface area contributed by atoms with E-state index in [0.717, 1.165) is 64.7 Å². The third-order valence-corrected chi connectivity index (χ3v) is 8.56. The van der Waals surface area contributed by atoms with E-state index in [1.165, 1.54) is 0 Å². The van der Waals surface area contributed by atoms with Gasteiger partial charge in [-0.2, -0.15) is 0 Å². The molecule has 3 aliphatic heterocycles. The van der Waals surface area contributed by atoms with Crippen LogP contribution in [0, 0.1) is 11.8 Å². The molecule has 196 valence electrons. The van der Waals surface area contributed by atoms with E-state index in [-0.39, 0.29) is 6.04 Å². The summed E-state index contributed by atoms with van der Waals surface area (Å²) in [5.74, 6) is 3.59. The lowest BCUT2D eigenvalue weighted by Crippen LogP contribution is -2.67. The first-order chi connectivity index (χ1) is 18.0. The maximum Gasteiger partial charge on any atom is 0.203 e. The summed E-state index contributed by atoms with van der Waals surface area (Å²) in [6.07, 6.45) is 5.32. The molecule has 2 bridgehead atoms. The van der Waals surface area contributed by atoms with Gasteiger partial charge in [-0.05, 0) is 47.9 Å². The van der Waals surface area contributed by atoms with Gasteiger partial charge >= 0.3 is 0 Å². The summed E-state index contributed by atoms with van der Waals surface area (Å²) in [7, 11) is 6.56. The second kappa shape index (κ2) is 10.2. The van der Waals surface area contributed by atoms with Crippen LogP contribution in [0.2, 0.25) is 0 Å². The second-order valence-corrected chi connectivity index (χ2v) is 10.3. The quantitative estimate of drug-likeness (QED) is 0.329. The molecule has 0 spiro atoms. The number of fused-ring (bicyclic) bond motifs is 4. The second-order valence-electron chi connectivity index (χ2n) is 10.3. The number of rotatable bonds is 9. The molecule has 2 aromatic carbocycles. The van der Waals surface area contributed by atoms with E-state index >= 15 is 0 Å². The van der Waals surface area contributed by atoms with Gasteiger partial charge < -0.3 is 28.5 Å². The van der Waals surface area contributed by atoms with Crippen molar-refractivity contribution in [3.63, 3.8) is 0 Å². The molecule has 4 heterocycles. The highest BCUT2D eigenvalue weighted by atomic mass is 16.5. The molecule has 0 aliphatic carbocycles. The van der Waals surface area contributed by atoms with Crippen LogP contribution in [0.3, 0.4) is 0 Å². The largest absolute Gasteiger partial charge is 0.497 e. The number of benzene rings is 2. The minimum Gasteiger partial charge on any atom is -0.497 e. The first kappa shape index (κ1) is 25.4. The lowest BCUT2D eigenvalue weighted by molar-refractivity contribution is -0.984. The Labute approximate surface area is 218 Å². The van der Waals surface area contributed by atoms with Gasteiger partial charge in [-0.1, -0.05) is 6.08 Å². The number of pyridine rings is 1. The number of ether oxygens (including phenoxy) is 4. The molecule has 1 aromatic heterocycles. The standard InChI is InChI=1S/C30H37N2O5/c1-6-20-18-32(17-19-13-27(35-3)30(37-5)28(14-19)36-4)12-10-21(20)15-26(32)29(33)23-9-11-31-25-8-7-22(34-2)16-24(23)25/h6-9,11,13-14,16,20-21,26,29,33H,1,10,12,15,17-18H2,2-5H3/q+1/t20?,21?,26?,29-,32?/m0/s1. The number of hydrogen-bond donors (Lipinski definition) is 1. The maximum absolute atomic E-state index is 12.0. The Hall–Kier alpha value is -3.29. The number of aliphatic hydroxyl groups excluding tert-OH is 1. The van der Waals surface area contributed by atoms with Crippen LogP contribution in [0.1, 0.15) is 30.1 Å². The van der Waals surface area contributed by atoms with Crippen molar-refractivity contribution in [1.82, 2.24) is 4.98 Å². The van der Waals surface area contributed by atoms with E-state index in [9.17, 15) is 5.11 Å². The predicted molar refractivity (Wildman–Crippen MR) is 143 cm³/mol. The highest BCUT2D eigenvalue weighted by Gasteiger charge is 2.54. The molecule has 4 unspecified atom stereocenters. The minimum absolute atomic E-state index is 0.0332. The van der Waals surface area contributed by atoms with Gasteiger partial charge in [0.25, 0.3) is 0 Å². The van der Waals surface area contributed by atoms with Gasteiger partial charge in [0.2, 0.25) is 5.75 Å². The average molecular weight is 506 g/mol. The first-order valence-electron chi connectivity index (χ1n) is 12.8. The van der Waals surface area contributed by atoms with E-state index in [0.29, 0.717) is 29.1 Å². The SMILES string of the molecule is C=CC1C[N+]2(Cc3cc(OC)c(OC)c(OC)c3)CCC1CC2[C@@H](O)c1ccnc2ccc(OC)cc12. The van der Waals surface area contributed by atoms with Crippen molar-refractivity contribution in [1.29, 1.82) is 0 Å². The lowest BCUT2D eigenvalue weighted by Gasteiger charge is -2.58. The van der Waals surface area contributed by atoms with Crippen LogP contribution in [0.4, 0.5) is 0 Å². The highest BCUT2D eigenvalue weighted by Crippen LogP contribution is 2.49. The fourth-order valence-electron chi connectivity index (χ4n) is 6.71. The molecular weight excluding hydrogens is 468 g/mol. The Bertz CT molecular complexity index is 1270. The number of aromatic nitrogens is 1. The van der Waals surface area contributed by atoms with Crippen molar-refractivity contribution >= 4 is 10.9 Å². The molecule has 37 heavy (non-hydrogen) atoms. The van der Waals surface area contributed by atoms with Crippen LogP contribution in [0.5, 0.6) is 23.0 Å². The molecule has 3 fully saturated rings.